The lowest BCUT2D eigenvalue weighted by atomic mass is 10.2. The van der Waals surface area contributed by atoms with E-state index in [2.05, 4.69) is 13.8 Å². The number of hydrogen-bond acceptors (Lipinski definition) is 5. The van der Waals surface area contributed by atoms with Crippen LogP contribution in [0.25, 0.3) is 0 Å². The third kappa shape index (κ3) is 8.39. The molecular weight excluding hydrogens is 366 g/mol. The number of rotatable bonds is 14. The molecule has 1 aromatic rings. The largest absolute Gasteiger partial charge is 0.500 e. The molecule has 0 amide bonds. The molecule has 0 unspecified atom stereocenters. The average molecular weight is 402 g/mol. The van der Waals surface area contributed by atoms with Gasteiger partial charge in [0.1, 0.15) is 0 Å². The number of nitrogens with zero attached hydrogens (tertiary/aromatic N) is 1. The van der Waals surface area contributed by atoms with E-state index in [1.165, 1.54) is 5.56 Å². The maximum Gasteiger partial charge on any atom is 0.500 e. The summed E-state index contributed by atoms with van der Waals surface area (Å²) < 4.78 is 19.5. The van der Waals surface area contributed by atoms with Crippen molar-refractivity contribution in [3.05, 3.63) is 34.2 Å². The van der Waals surface area contributed by atoms with Crippen LogP contribution in [-0.4, -0.2) is 38.9 Å². The average Bonchev–Trinajstić information content (AvgIpc) is 2.57. The first-order valence-electron chi connectivity index (χ1n) is 9.65. The second-order valence-corrected chi connectivity index (χ2v) is 10.4. The molecule has 0 N–H and O–H groups in total. The summed E-state index contributed by atoms with van der Waals surface area (Å²) in [4.78, 5) is 11.9. The van der Waals surface area contributed by atoms with Gasteiger partial charge in [0.25, 0.3) is 5.56 Å². The number of aromatic nitrogens is 1. The molecule has 150 valence electrons. The highest BCUT2D eigenvalue weighted by Crippen LogP contribution is 2.21. The van der Waals surface area contributed by atoms with Gasteiger partial charge in [-0.15, -0.1) is 0 Å². The Morgan fingerprint density at radius 3 is 2.23 bits per heavy atom. The van der Waals surface area contributed by atoms with Crippen molar-refractivity contribution in [2.75, 3.05) is 25.6 Å². The van der Waals surface area contributed by atoms with Crippen LogP contribution in [0.3, 0.4) is 0 Å². The van der Waals surface area contributed by atoms with E-state index >= 15 is 0 Å². The minimum Gasteiger partial charge on any atom is -0.374 e. The Morgan fingerprint density at radius 2 is 1.69 bits per heavy atom. The zero-order valence-electron chi connectivity index (χ0n) is 17.0. The van der Waals surface area contributed by atoms with Gasteiger partial charge in [0.15, 0.2) is 0 Å². The highest BCUT2D eigenvalue weighted by atomic mass is 32.2. The fraction of sp³-hybridized carbons (Fsp3) is 0.737. The smallest absolute Gasteiger partial charge is 0.374 e. The van der Waals surface area contributed by atoms with Gasteiger partial charge in [-0.1, -0.05) is 19.9 Å². The Morgan fingerprint density at radius 1 is 1.08 bits per heavy atom. The van der Waals surface area contributed by atoms with Crippen molar-refractivity contribution in [2.24, 2.45) is 5.92 Å². The van der Waals surface area contributed by atoms with E-state index in [1.807, 2.05) is 49.4 Å². The molecule has 0 bridgehead atoms. The van der Waals surface area contributed by atoms with Crippen LogP contribution in [0.15, 0.2) is 23.1 Å². The molecule has 0 aliphatic heterocycles. The molecule has 1 aromatic heterocycles. The number of thioether (sulfide) groups is 1. The zero-order chi connectivity index (χ0) is 19.4. The Bertz CT molecular complexity index is 548. The fourth-order valence-electron chi connectivity index (χ4n) is 2.78. The maximum absolute atomic E-state index is 11.9. The van der Waals surface area contributed by atoms with Crippen LogP contribution in [-0.2, 0) is 25.6 Å². The molecule has 7 heteroatoms. The molecular formula is C19H35NO4SSi. The monoisotopic (exact) mass is 401 g/mol. The predicted octanol–water partition coefficient (Wildman–Crippen LogP) is 4.18. The number of hydrogen-bond donors (Lipinski definition) is 0. The predicted molar refractivity (Wildman–Crippen MR) is 112 cm³/mol. The lowest BCUT2D eigenvalue weighted by Gasteiger charge is -2.28. The van der Waals surface area contributed by atoms with E-state index in [-0.39, 0.29) is 5.56 Å². The second kappa shape index (κ2) is 12.7. The molecule has 0 aliphatic carbocycles. The molecule has 0 spiro atoms. The highest BCUT2D eigenvalue weighted by Gasteiger charge is 2.39. The van der Waals surface area contributed by atoms with Gasteiger partial charge in [0, 0.05) is 50.4 Å². The van der Waals surface area contributed by atoms with Crippen molar-refractivity contribution >= 4 is 20.6 Å². The normalized spacial score (nSPS) is 12.1. The summed E-state index contributed by atoms with van der Waals surface area (Å²) in [5, 5.41) is 0. The van der Waals surface area contributed by atoms with Crippen LogP contribution in [0.5, 0.6) is 0 Å². The first kappa shape index (κ1) is 23.4. The van der Waals surface area contributed by atoms with Crippen LogP contribution in [0.4, 0.5) is 0 Å². The van der Waals surface area contributed by atoms with Gasteiger partial charge in [-0.25, -0.2) is 0 Å². The van der Waals surface area contributed by atoms with Gasteiger partial charge in [0.05, 0.1) is 0 Å². The van der Waals surface area contributed by atoms with Crippen LogP contribution in [0.1, 0.15) is 46.6 Å². The molecule has 0 fully saturated rings. The summed E-state index contributed by atoms with van der Waals surface area (Å²) in [6.45, 7) is 12.8. The third-order valence-electron chi connectivity index (χ3n) is 3.74. The summed E-state index contributed by atoms with van der Waals surface area (Å²) in [5.74, 6) is 2.39. The molecule has 0 saturated heterocycles. The van der Waals surface area contributed by atoms with Crippen molar-refractivity contribution in [1.82, 2.24) is 4.57 Å². The molecule has 0 atom stereocenters. The Hall–Kier alpha value is -0.603. The van der Waals surface area contributed by atoms with Crippen LogP contribution in [0.2, 0.25) is 6.04 Å². The van der Waals surface area contributed by atoms with Crippen molar-refractivity contribution in [3.8, 4) is 0 Å². The molecule has 26 heavy (non-hydrogen) atoms. The summed E-state index contributed by atoms with van der Waals surface area (Å²) >= 11 is 1.87. The quantitative estimate of drug-likeness (QED) is 0.346. The third-order valence-corrected chi connectivity index (χ3v) is 8.01. The summed E-state index contributed by atoms with van der Waals surface area (Å²) in [5.41, 5.74) is 1.27. The van der Waals surface area contributed by atoms with Crippen LogP contribution in [0, 0.1) is 5.92 Å². The molecule has 5 nitrogen and oxygen atoms in total. The van der Waals surface area contributed by atoms with Crippen molar-refractivity contribution in [2.45, 2.75) is 59.4 Å². The first-order valence-corrected chi connectivity index (χ1v) is 12.7. The molecule has 0 radical (unpaired) electrons. The van der Waals surface area contributed by atoms with Gasteiger partial charge < -0.3 is 17.8 Å². The number of pyridine rings is 1. The van der Waals surface area contributed by atoms with Crippen molar-refractivity contribution in [3.63, 3.8) is 0 Å². The Labute approximate surface area is 163 Å². The van der Waals surface area contributed by atoms with E-state index in [1.54, 1.807) is 6.07 Å². The van der Waals surface area contributed by atoms with Gasteiger partial charge >= 0.3 is 8.80 Å². The minimum absolute atomic E-state index is 0.0772. The highest BCUT2D eigenvalue weighted by molar-refractivity contribution is 7.98. The Balaban J connectivity index is 2.49. The fourth-order valence-corrected chi connectivity index (χ4v) is 6.55. The van der Waals surface area contributed by atoms with Crippen molar-refractivity contribution < 1.29 is 13.3 Å². The molecule has 1 rings (SSSR count). The molecule has 0 aromatic carbocycles. The molecule has 0 saturated carbocycles. The zero-order valence-corrected chi connectivity index (χ0v) is 18.8. The maximum atomic E-state index is 11.9. The lowest BCUT2D eigenvalue weighted by Crippen LogP contribution is -2.46. The van der Waals surface area contributed by atoms with E-state index in [9.17, 15) is 4.79 Å². The van der Waals surface area contributed by atoms with E-state index < -0.39 is 8.80 Å². The summed E-state index contributed by atoms with van der Waals surface area (Å²) in [6, 6.07) is 4.46. The van der Waals surface area contributed by atoms with Gasteiger partial charge in [-0.2, -0.15) is 11.8 Å². The van der Waals surface area contributed by atoms with E-state index in [0.717, 1.165) is 30.5 Å². The van der Waals surface area contributed by atoms with Crippen molar-refractivity contribution in [1.29, 1.82) is 0 Å². The SMILES string of the molecule is CCO[Si](CCCSCc1ccc(=O)n(CC(C)C)c1)(OCC)OCC. The first-order chi connectivity index (χ1) is 12.5. The van der Waals surface area contributed by atoms with Gasteiger partial charge in [-0.05, 0) is 44.4 Å². The van der Waals surface area contributed by atoms with E-state index in [0.29, 0.717) is 25.7 Å². The molecule has 1 heterocycles. The minimum atomic E-state index is -2.52. The van der Waals surface area contributed by atoms with Gasteiger partial charge in [0.2, 0.25) is 0 Å². The van der Waals surface area contributed by atoms with Crippen LogP contribution >= 0.6 is 11.8 Å². The lowest BCUT2D eigenvalue weighted by molar-refractivity contribution is 0.0712. The van der Waals surface area contributed by atoms with E-state index in [4.69, 9.17) is 13.3 Å². The Kier molecular flexibility index (Phi) is 11.5. The van der Waals surface area contributed by atoms with Crippen LogP contribution < -0.4 is 5.56 Å². The molecule has 0 aliphatic rings. The summed E-state index contributed by atoms with van der Waals surface area (Å²) in [7, 11) is -2.52. The topological polar surface area (TPSA) is 49.7 Å². The summed E-state index contributed by atoms with van der Waals surface area (Å²) in [6.07, 6.45) is 3.00. The van der Waals surface area contributed by atoms with Gasteiger partial charge in [-0.3, -0.25) is 4.79 Å². The standard InChI is InChI=1S/C19H35NO4SSi/c1-6-22-26(23-7-2,24-8-3)13-9-12-25-16-18-10-11-19(21)20(15-18)14-17(4)5/h10-11,15,17H,6-9,12-14,16H2,1-5H3. The second-order valence-electron chi connectivity index (χ2n) is 6.56.